The van der Waals surface area contributed by atoms with E-state index in [0.717, 1.165) is 12.8 Å². The molecule has 2 fully saturated rings. The standard InChI is InChI=1S/C18H26ClN3O6S2/c1-2-29(24,25)22-9-7-21(8-10-22)18(23)14-5-6-16(19)17(12-14)30(26,27)20-13-15-4-3-11-28-15/h5-6,12,15,20H,2-4,7-11,13H2,1H3. The molecule has 2 saturated heterocycles. The van der Waals surface area contributed by atoms with Crippen molar-refractivity contribution >= 4 is 37.6 Å². The molecule has 0 saturated carbocycles. The van der Waals surface area contributed by atoms with E-state index in [-0.39, 0.29) is 66.0 Å². The van der Waals surface area contributed by atoms with E-state index < -0.39 is 20.0 Å². The number of carbonyl (C=O) groups is 1. The van der Waals surface area contributed by atoms with Gasteiger partial charge in [-0.05, 0) is 38.0 Å². The Morgan fingerprint density at radius 3 is 2.50 bits per heavy atom. The van der Waals surface area contributed by atoms with E-state index in [2.05, 4.69) is 4.72 Å². The quantitative estimate of drug-likeness (QED) is 0.621. The average Bonchev–Trinajstić information content (AvgIpc) is 3.26. The Morgan fingerprint density at radius 1 is 1.20 bits per heavy atom. The first kappa shape index (κ1) is 23.4. The highest BCUT2D eigenvalue weighted by Gasteiger charge is 2.29. The molecular weight excluding hydrogens is 454 g/mol. The molecule has 1 N–H and O–H groups in total. The predicted molar refractivity (Wildman–Crippen MR) is 113 cm³/mol. The molecule has 0 aliphatic carbocycles. The Hall–Kier alpha value is -1.24. The van der Waals surface area contributed by atoms with Gasteiger partial charge in [0.25, 0.3) is 5.91 Å². The molecule has 168 valence electrons. The molecule has 0 aromatic heterocycles. The summed E-state index contributed by atoms with van der Waals surface area (Å²) < 4.78 is 58.6. The third kappa shape index (κ3) is 5.32. The van der Waals surface area contributed by atoms with Gasteiger partial charge in [-0.1, -0.05) is 11.6 Å². The van der Waals surface area contributed by atoms with Gasteiger partial charge >= 0.3 is 0 Å². The fourth-order valence-electron chi connectivity index (χ4n) is 3.46. The van der Waals surface area contributed by atoms with Gasteiger partial charge in [-0.25, -0.2) is 21.6 Å². The van der Waals surface area contributed by atoms with Gasteiger partial charge in [0.15, 0.2) is 0 Å². The van der Waals surface area contributed by atoms with Gasteiger partial charge in [-0.3, -0.25) is 4.79 Å². The summed E-state index contributed by atoms with van der Waals surface area (Å²) in [5, 5.41) is 0.0187. The summed E-state index contributed by atoms with van der Waals surface area (Å²) in [6.45, 7) is 3.23. The molecule has 12 heteroatoms. The zero-order valence-electron chi connectivity index (χ0n) is 16.7. The van der Waals surface area contributed by atoms with Gasteiger partial charge in [0.05, 0.1) is 16.9 Å². The number of rotatable bonds is 7. The van der Waals surface area contributed by atoms with E-state index in [4.69, 9.17) is 16.3 Å². The van der Waals surface area contributed by atoms with Gasteiger partial charge in [0.1, 0.15) is 4.90 Å². The van der Waals surface area contributed by atoms with Crippen LogP contribution in [0.25, 0.3) is 0 Å². The number of piperazine rings is 1. The van der Waals surface area contributed by atoms with E-state index in [0.29, 0.717) is 6.61 Å². The largest absolute Gasteiger partial charge is 0.377 e. The number of sulfonamides is 2. The highest BCUT2D eigenvalue weighted by atomic mass is 35.5. The summed E-state index contributed by atoms with van der Waals surface area (Å²) in [7, 11) is -7.22. The lowest BCUT2D eigenvalue weighted by atomic mass is 10.2. The molecule has 0 radical (unpaired) electrons. The lowest BCUT2D eigenvalue weighted by molar-refractivity contribution is 0.0697. The number of ether oxygens (including phenoxy) is 1. The minimum Gasteiger partial charge on any atom is -0.377 e. The third-order valence-electron chi connectivity index (χ3n) is 5.28. The fourth-order valence-corrected chi connectivity index (χ4v) is 6.14. The number of nitrogens with one attached hydrogen (secondary N) is 1. The molecule has 30 heavy (non-hydrogen) atoms. The summed E-state index contributed by atoms with van der Waals surface area (Å²) in [6, 6.07) is 4.11. The smallest absolute Gasteiger partial charge is 0.253 e. The first-order chi connectivity index (χ1) is 14.1. The van der Waals surface area contributed by atoms with Crippen LogP contribution in [0.3, 0.4) is 0 Å². The van der Waals surface area contributed by atoms with Crippen molar-refractivity contribution < 1.29 is 26.4 Å². The zero-order chi connectivity index (χ0) is 21.9. The molecule has 0 bridgehead atoms. The summed E-state index contributed by atoms with van der Waals surface area (Å²) >= 11 is 6.10. The summed E-state index contributed by atoms with van der Waals surface area (Å²) in [4.78, 5) is 14.2. The molecule has 0 spiro atoms. The van der Waals surface area contributed by atoms with E-state index in [1.165, 1.54) is 27.4 Å². The van der Waals surface area contributed by atoms with Crippen molar-refractivity contribution in [2.75, 3.05) is 45.1 Å². The summed E-state index contributed by atoms with van der Waals surface area (Å²) in [6.07, 6.45) is 1.51. The van der Waals surface area contributed by atoms with Gasteiger partial charge in [0.2, 0.25) is 20.0 Å². The Labute approximate surface area is 182 Å². The second kappa shape index (κ2) is 9.49. The molecule has 1 amide bonds. The molecule has 1 aromatic rings. The third-order valence-corrected chi connectivity index (χ3v) is 9.06. The minimum absolute atomic E-state index is 0.0122. The van der Waals surface area contributed by atoms with E-state index in [1.807, 2.05) is 0 Å². The molecule has 3 rings (SSSR count). The molecular formula is C18H26ClN3O6S2. The maximum Gasteiger partial charge on any atom is 0.253 e. The molecule has 9 nitrogen and oxygen atoms in total. The highest BCUT2D eigenvalue weighted by molar-refractivity contribution is 7.89. The first-order valence-corrected chi connectivity index (χ1v) is 13.3. The van der Waals surface area contributed by atoms with Gasteiger partial charge in [0, 0.05) is 44.9 Å². The number of carbonyl (C=O) groups excluding carboxylic acids is 1. The van der Waals surface area contributed by atoms with E-state index in [1.54, 1.807) is 6.92 Å². The zero-order valence-corrected chi connectivity index (χ0v) is 19.1. The SMILES string of the molecule is CCS(=O)(=O)N1CCN(C(=O)c2ccc(Cl)c(S(=O)(=O)NCC3CCCO3)c2)CC1. The van der Waals surface area contributed by atoms with Crippen molar-refractivity contribution in [1.82, 2.24) is 13.9 Å². The van der Waals surface area contributed by atoms with E-state index >= 15 is 0 Å². The maximum atomic E-state index is 12.9. The number of benzene rings is 1. The van der Waals surface area contributed by atoms with Crippen LogP contribution in [0, 0.1) is 0 Å². The molecule has 2 aliphatic heterocycles. The monoisotopic (exact) mass is 479 g/mol. The number of amides is 1. The molecule has 2 aliphatic rings. The van der Waals surface area contributed by atoms with Gasteiger partial charge in [-0.15, -0.1) is 0 Å². The van der Waals surface area contributed by atoms with Crippen LogP contribution in [-0.2, 0) is 24.8 Å². The van der Waals surface area contributed by atoms with Crippen LogP contribution < -0.4 is 4.72 Å². The first-order valence-electron chi connectivity index (χ1n) is 9.82. The lowest BCUT2D eigenvalue weighted by Crippen LogP contribution is -2.50. The van der Waals surface area contributed by atoms with Crippen LogP contribution in [0.5, 0.6) is 0 Å². The Bertz CT molecular complexity index is 985. The van der Waals surface area contributed by atoms with Crippen molar-refractivity contribution in [2.45, 2.75) is 30.8 Å². The minimum atomic E-state index is -3.92. The topological polar surface area (TPSA) is 113 Å². The lowest BCUT2D eigenvalue weighted by Gasteiger charge is -2.34. The van der Waals surface area contributed by atoms with Crippen LogP contribution in [0.1, 0.15) is 30.1 Å². The molecule has 1 aromatic carbocycles. The van der Waals surface area contributed by atoms with Crippen molar-refractivity contribution in [3.63, 3.8) is 0 Å². The normalized spacial score (nSPS) is 21.1. The molecule has 2 heterocycles. The van der Waals surface area contributed by atoms with Crippen LogP contribution in [-0.4, -0.2) is 83.1 Å². The number of nitrogens with zero attached hydrogens (tertiary/aromatic N) is 2. The van der Waals surface area contributed by atoms with Crippen molar-refractivity contribution in [3.8, 4) is 0 Å². The van der Waals surface area contributed by atoms with Crippen LogP contribution in [0.2, 0.25) is 5.02 Å². The van der Waals surface area contributed by atoms with E-state index in [9.17, 15) is 21.6 Å². The number of halogens is 1. The van der Waals surface area contributed by atoms with Crippen LogP contribution in [0.4, 0.5) is 0 Å². The highest BCUT2D eigenvalue weighted by Crippen LogP contribution is 2.24. The Morgan fingerprint density at radius 2 is 1.90 bits per heavy atom. The second-order valence-corrected chi connectivity index (χ2v) is 11.6. The Balaban J connectivity index is 1.70. The van der Waals surface area contributed by atoms with Gasteiger partial charge < -0.3 is 9.64 Å². The molecule has 1 unspecified atom stereocenters. The van der Waals surface area contributed by atoms with Crippen LogP contribution in [0.15, 0.2) is 23.1 Å². The van der Waals surface area contributed by atoms with Gasteiger partial charge in [-0.2, -0.15) is 4.31 Å². The summed E-state index contributed by atoms with van der Waals surface area (Å²) in [5.74, 6) is -0.353. The van der Waals surface area contributed by atoms with Crippen molar-refractivity contribution in [1.29, 1.82) is 0 Å². The van der Waals surface area contributed by atoms with Crippen molar-refractivity contribution in [2.24, 2.45) is 0 Å². The maximum absolute atomic E-state index is 12.9. The van der Waals surface area contributed by atoms with Crippen LogP contribution >= 0.6 is 11.6 Å². The average molecular weight is 480 g/mol. The summed E-state index contributed by atoms with van der Waals surface area (Å²) in [5.41, 5.74) is 0.184. The molecule has 1 atom stereocenters. The Kier molecular flexibility index (Phi) is 7.41. The number of hydrogen-bond donors (Lipinski definition) is 1. The fraction of sp³-hybridized carbons (Fsp3) is 0.611. The number of hydrogen-bond acceptors (Lipinski definition) is 6. The van der Waals surface area contributed by atoms with Crippen molar-refractivity contribution in [3.05, 3.63) is 28.8 Å². The predicted octanol–water partition coefficient (Wildman–Crippen LogP) is 0.905. The second-order valence-electron chi connectivity index (χ2n) is 7.22.